The van der Waals surface area contributed by atoms with E-state index >= 15 is 0 Å². The number of hydrogen-bond acceptors (Lipinski definition) is 5. The Hall–Kier alpha value is -2.58. The smallest absolute Gasteiger partial charge is 0.372 e. The highest BCUT2D eigenvalue weighted by molar-refractivity contribution is 7.18. The van der Waals surface area contributed by atoms with Gasteiger partial charge in [-0.05, 0) is 48.9 Å². The predicted octanol–water partition coefficient (Wildman–Crippen LogP) is 2.76. The zero-order valence-electron chi connectivity index (χ0n) is 14.1. The lowest BCUT2D eigenvalue weighted by Gasteiger charge is -1.98. The van der Waals surface area contributed by atoms with Crippen LogP contribution in [0, 0.1) is 12.7 Å². The molecule has 0 saturated carbocycles. The van der Waals surface area contributed by atoms with Gasteiger partial charge < -0.3 is 15.8 Å². The summed E-state index contributed by atoms with van der Waals surface area (Å²) in [7, 11) is 0. The van der Waals surface area contributed by atoms with Crippen LogP contribution < -0.4 is 11.3 Å². The minimum atomic E-state index is -1.20. The van der Waals surface area contributed by atoms with Crippen molar-refractivity contribution in [3.05, 3.63) is 61.8 Å². The van der Waals surface area contributed by atoms with E-state index in [0.29, 0.717) is 22.3 Å². The predicted molar refractivity (Wildman–Crippen MR) is 98.3 cm³/mol. The Bertz CT molecular complexity index is 1040. The van der Waals surface area contributed by atoms with Crippen LogP contribution in [0.3, 0.4) is 0 Å². The normalized spacial score (nSPS) is 12.6. The second-order valence-corrected chi connectivity index (χ2v) is 7.13. The van der Waals surface area contributed by atoms with Gasteiger partial charge in [-0.15, -0.1) is 11.3 Å². The fourth-order valence-corrected chi connectivity index (χ4v) is 4.20. The molecule has 4 rings (SSSR count). The number of rotatable bonds is 2. The molecule has 2 heterocycles. The van der Waals surface area contributed by atoms with E-state index in [1.165, 1.54) is 22.3 Å². The van der Waals surface area contributed by atoms with Crippen molar-refractivity contribution >= 4 is 27.5 Å². The average Bonchev–Trinajstić information content (AvgIpc) is 3.18. The Morgan fingerprint density at radius 1 is 1.42 bits per heavy atom. The van der Waals surface area contributed by atoms with Gasteiger partial charge in [0.05, 0.1) is 5.39 Å². The number of nitrogens with zero attached hydrogens (tertiary/aromatic N) is 1. The number of aryl methyl sites for hydroxylation is 3. The average molecular weight is 375 g/mol. The van der Waals surface area contributed by atoms with E-state index < -0.39 is 5.97 Å². The number of aromatic carboxylic acids is 1. The third-order valence-electron chi connectivity index (χ3n) is 4.24. The monoisotopic (exact) mass is 375 g/mol. The van der Waals surface area contributed by atoms with Gasteiger partial charge in [0.25, 0.3) is 5.56 Å². The van der Waals surface area contributed by atoms with Crippen molar-refractivity contribution in [2.45, 2.75) is 32.7 Å². The fourth-order valence-electron chi connectivity index (χ4n) is 2.94. The van der Waals surface area contributed by atoms with Crippen LogP contribution in [0.15, 0.2) is 23.0 Å². The van der Waals surface area contributed by atoms with E-state index in [1.807, 2.05) is 0 Å². The molecule has 26 heavy (non-hydrogen) atoms. The van der Waals surface area contributed by atoms with Crippen molar-refractivity contribution in [2.24, 2.45) is 5.73 Å². The minimum Gasteiger partial charge on any atom is -0.475 e. The fraction of sp³-hybridized carbons (Fsp3) is 0.278. The molecule has 2 aromatic heterocycles. The first-order chi connectivity index (χ1) is 12.4. The van der Waals surface area contributed by atoms with Gasteiger partial charge >= 0.3 is 5.97 Å². The number of aromatic nitrogens is 2. The highest BCUT2D eigenvalue weighted by atomic mass is 32.1. The van der Waals surface area contributed by atoms with E-state index in [-0.39, 0.29) is 17.2 Å². The summed E-state index contributed by atoms with van der Waals surface area (Å²) in [5, 5.41) is 9.37. The number of hydrogen-bond donors (Lipinski definition) is 3. The number of halogens is 1. The Kier molecular flexibility index (Phi) is 5.15. The van der Waals surface area contributed by atoms with Gasteiger partial charge in [-0.25, -0.2) is 14.2 Å². The number of nitrogens with one attached hydrogen (secondary N) is 1. The van der Waals surface area contributed by atoms with Crippen LogP contribution in [0.5, 0.6) is 0 Å². The maximum atomic E-state index is 12.6. The highest BCUT2D eigenvalue weighted by Crippen LogP contribution is 2.34. The molecule has 4 N–H and O–H groups in total. The molecule has 0 atom stereocenters. The van der Waals surface area contributed by atoms with Crippen LogP contribution in [0.1, 0.15) is 38.6 Å². The molecule has 0 aliphatic heterocycles. The maximum absolute atomic E-state index is 12.6. The molecule has 136 valence electrons. The van der Waals surface area contributed by atoms with E-state index in [1.54, 1.807) is 19.1 Å². The number of thiophene rings is 1. The summed E-state index contributed by atoms with van der Waals surface area (Å²) in [5.74, 6) is -1.65. The summed E-state index contributed by atoms with van der Waals surface area (Å²) in [5.41, 5.74) is 7.70. The number of H-pyrrole nitrogens is 1. The van der Waals surface area contributed by atoms with Crippen molar-refractivity contribution in [1.82, 2.24) is 9.97 Å². The van der Waals surface area contributed by atoms with E-state index in [4.69, 9.17) is 10.8 Å². The van der Waals surface area contributed by atoms with Gasteiger partial charge in [-0.1, -0.05) is 12.1 Å². The number of nitrogens with two attached hydrogens (primary N) is 1. The molecule has 1 aliphatic rings. The van der Waals surface area contributed by atoms with Crippen LogP contribution in [0.2, 0.25) is 0 Å². The molecule has 6 nitrogen and oxygen atoms in total. The van der Waals surface area contributed by atoms with Gasteiger partial charge in [0.1, 0.15) is 10.6 Å². The number of carboxylic acid groups (broad SMARTS) is 1. The van der Waals surface area contributed by atoms with Crippen LogP contribution >= 0.6 is 11.3 Å². The first-order valence-electron chi connectivity index (χ1n) is 8.13. The molecular formula is C18H18FN3O3S. The zero-order valence-corrected chi connectivity index (χ0v) is 15.0. The Balaban J connectivity index is 0.000000170. The zero-order chi connectivity index (χ0) is 18.8. The first-order valence-corrected chi connectivity index (χ1v) is 8.95. The van der Waals surface area contributed by atoms with Gasteiger partial charge in [0.15, 0.2) is 0 Å². The van der Waals surface area contributed by atoms with Crippen molar-refractivity contribution in [1.29, 1.82) is 0 Å². The van der Waals surface area contributed by atoms with Gasteiger partial charge in [0, 0.05) is 11.4 Å². The molecule has 1 aliphatic carbocycles. The number of fused-ring (bicyclic) bond motifs is 3. The molecule has 3 aromatic rings. The molecule has 8 heteroatoms. The third kappa shape index (κ3) is 3.51. The molecule has 0 spiro atoms. The lowest BCUT2D eigenvalue weighted by Crippen LogP contribution is -2.15. The summed E-state index contributed by atoms with van der Waals surface area (Å²) in [6.45, 7) is 2.20. The summed E-state index contributed by atoms with van der Waals surface area (Å²) >= 11 is 1.44. The Labute approximate surface area is 152 Å². The highest BCUT2D eigenvalue weighted by Gasteiger charge is 2.22. The number of benzene rings is 1. The van der Waals surface area contributed by atoms with Crippen LogP contribution in [0.4, 0.5) is 4.39 Å². The summed E-state index contributed by atoms with van der Waals surface area (Å²) in [4.78, 5) is 30.5. The van der Waals surface area contributed by atoms with Crippen LogP contribution in [-0.4, -0.2) is 21.0 Å². The van der Waals surface area contributed by atoms with Crippen LogP contribution in [0.25, 0.3) is 10.2 Å². The molecule has 1 aromatic carbocycles. The molecule has 0 amide bonds. The lowest BCUT2D eigenvalue weighted by molar-refractivity contribution is 0.0683. The topological polar surface area (TPSA) is 109 Å². The van der Waals surface area contributed by atoms with E-state index in [2.05, 4.69) is 9.97 Å². The minimum absolute atomic E-state index is 0.169. The SMILES string of the molecule is Cc1cc(CN)ccc1F.O=C(O)c1nc2sc3c(c2c(=O)[nH]1)CCC3. The number of carboxylic acids is 1. The molecule has 0 fully saturated rings. The summed E-state index contributed by atoms with van der Waals surface area (Å²) < 4.78 is 12.6. The Morgan fingerprint density at radius 3 is 2.85 bits per heavy atom. The van der Waals surface area contributed by atoms with Gasteiger partial charge in [-0.3, -0.25) is 4.79 Å². The Morgan fingerprint density at radius 2 is 2.19 bits per heavy atom. The number of aromatic amines is 1. The molecule has 0 unspecified atom stereocenters. The molecular weight excluding hydrogens is 357 g/mol. The molecule has 0 saturated heterocycles. The molecule has 0 bridgehead atoms. The van der Waals surface area contributed by atoms with Crippen molar-refractivity contribution in [2.75, 3.05) is 0 Å². The summed E-state index contributed by atoms with van der Waals surface area (Å²) in [6, 6.07) is 4.90. The standard InChI is InChI=1S/C10H8N2O3S.C8H10FN/c13-8-6-4-2-1-3-5(4)16-9(6)12-7(11-8)10(14)15;1-6-4-7(5-10)2-3-8(6)9/h1-3H2,(H,14,15)(H,11,12,13);2-4H,5,10H2,1H3. The summed E-state index contributed by atoms with van der Waals surface area (Å²) in [6.07, 6.45) is 2.93. The number of carbonyl (C=O) groups is 1. The second kappa shape index (κ2) is 7.35. The van der Waals surface area contributed by atoms with Crippen molar-refractivity contribution < 1.29 is 14.3 Å². The van der Waals surface area contributed by atoms with Gasteiger partial charge in [0.2, 0.25) is 5.82 Å². The quantitative estimate of drug-likeness (QED) is 0.638. The van der Waals surface area contributed by atoms with E-state index in [9.17, 15) is 14.0 Å². The second-order valence-electron chi connectivity index (χ2n) is 6.04. The van der Waals surface area contributed by atoms with Crippen LogP contribution in [-0.2, 0) is 19.4 Å². The molecule has 0 radical (unpaired) electrons. The third-order valence-corrected chi connectivity index (χ3v) is 5.42. The first kappa shape index (κ1) is 18.2. The van der Waals surface area contributed by atoms with E-state index in [0.717, 1.165) is 30.4 Å². The lowest BCUT2D eigenvalue weighted by atomic mass is 10.1. The maximum Gasteiger partial charge on any atom is 0.372 e. The largest absolute Gasteiger partial charge is 0.475 e. The van der Waals surface area contributed by atoms with Crippen molar-refractivity contribution in [3.8, 4) is 0 Å². The van der Waals surface area contributed by atoms with Gasteiger partial charge in [-0.2, -0.15) is 0 Å². The van der Waals surface area contributed by atoms with Crippen molar-refractivity contribution in [3.63, 3.8) is 0 Å².